The standard InChI is InChI=1S/C11H17N3O2S/c12-11(2-1-3-11)6-9-13-10(14-16-9)8-7-17-5-4-15-8/h8H,1-7,12H2. The van der Waals surface area contributed by atoms with E-state index in [1.54, 1.807) is 0 Å². The van der Waals surface area contributed by atoms with Crippen LogP contribution in [0.25, 0.3) is 0 Å². The number of hydrogen-bond acceptors (Lipinski definition) is 6. The highest BCUT2D eigenvalue weighted by atomic mass is 32.2. The molecule has 1 saturated carbocycles. The highest BCUT2D eigenvalue weighted by molar-refractivity contribution is 7.99. The number of nitrogens with zero attached hydrogens (tertiary/aromatic N) is 2. The first-order valence-corrected chi connectivity index (χ1v) is 7.21. The van der Waals surface area contributed by atoms with Gasteiger partial charge in [0.2, 0.25) is 11.7 Å². The second-order valence-electron chi connectivity index (χ2n) is 4.87. The Bertz CT molecular complexity index is 386. The summed E-state index contributed by atoms with van der Waals surface area (Å²) >= 11 is 1.86. The molecule has 1 aromatic rings. The predicted molar refractivity (Wildman–Crippen MR) is 64.8 cm³/mol. The van der Waals surface area contributed by atoms with E-state index >= 15 is 0 Å². The van der Waals surface area contributed by atoms with Crippen molar-refractivity contribution in [3.63, 3.8) is 0 Å². The van der Waals surface area contributed by atoms with Gasteiger partial charge >= 0.3 is 0 Å². The van der Waals surface area contributed by atoms with Crippen LogP contribution in [-0.4, -0.2) is 33.8 Å². The van der Waals surface area contributed by atoms with Crippen molar-refractivity contribution in [1.82, 2.24) is 10.1 Å². The maximum Gasteiger partial charge on any atom is 0.228 e. The molecule has 2 heterocycles. The Labute approximate surface area is 104 Å². The third-order valence-corrected chi connectivity index (χ3v) is 4.43. The second-order valence-corrected chi connectivity index (χ2v) is 6.02. The van der Waals surface area contributed by atoms with Gasteiger partial charge in [-0.1, -0.05) is 5.16 Å². The van der Waals surface area contributed by atoms with E-state index in [0.717, 1.165) is 31.0 Å². The lowest BCUT2D eigenvalue weighted by Gasteiger charge is -2.36. The minimum Gasteiger partial charge on any atom is -0.368 e. The molecule has 0 radical (unpaired) electrons. The molecule has 0 bridgehead atoms. The zero-order valence-corrected chi connectivity index (χ0v) is 10.5. The minimum absolute atomic E-state index is 0.0126. The number of thioether (sulfide) groups is 1. The molecule has 0 aromatic carbocycles. The third-order valence-electron chi connectivity index (χ3n) is 3.44. The van der Waals surface area contributed by atoms with Crippen LogP contribution < -0.4 is 5.73 Å². The fourth-order valence-corrected chi connectivity index (χ4v) is 3.06. The summed E-state index contributed by atoms with van der Waals surface area (Å²) in [7, 11) is 0. The van der Waals surface area contributed by atoms with Gasteiger partial charge in [0.1, 0.15) is 6.10 Å². The van der Waals surface area contributed by atoms with E-state index in [1.165, 1.54) is 6.42 Å². The molecule has 1 aliphatic carbocycles. The number of aromatic nitrogens is 2. The lowest BCUT2D eigenvalue weighted by molar-refractivity contribution is 0.0677. The Kier molecular flexibility index (Phi) is 3.10. The summed E-state index contributed by atoms with van der Waals surface area (Å²) in [5.41, 5.74) is 6.05. The Morgan fingerprint density at radius 2 is 2.35 bits per heavy atom. The van der Waals surface area contributed by atoms with Crippen molar-refractivity contribution < 1.29 is 9.26 Å². The molecule has 1 saturated heterocycles. The molecule has 2 aliphatic rings. The molecule has 1 atom stereocenters. The van der Waals surface area contributed by atoms with E-state index in [2.05, 4.69) is 10.1 Å². The summed E-state index contributed by atoms with van der Waals surface area (Å²) in [6.07, 6.45) is 4.00. The average molecular weight is 255 g/mol. The molecular weight excluding hydrogens is 238 g/mol. The molecule has 2 fully saturated rings. The largest absolute Gasteiger partial charge is 0.368 e. The lowest BCUT2D eigenvalue weighted by atomic mass is 9.75. The first-order valence-electron chi connectivity index (χ1n) is 6.06. The van der Waals surface area contributed by atoms with Crippen molar-refractivity contribution >= 4 is 11.8 Å². The van der Waals surface area contributed by atoms with Gasteiger partial charge in [-0.05, 0) is 19.3 Å². The van der Waals surface area contributed by atoms with E-state index in [4.69, 9.17) is 15.0 Å². The summed E-state index contributed by atoms with van der Waals surface area (Å²) in [5, 5.41) is 4.00. The lowest BCUT2D eigenvalue weighted by Crippen LogP contribution is -2.48. The van der Waals surface area contributed by atoms with Crippen molar-refractivity contribution in [3.05, 3.63) is 11.7 Å². The highest BCUT2D eigenvalue weighted by Crippen LogP contribution is 2.32. The van der Waals surface area contributed by atoms with E-state index in [0.29, 0.717) is 18.1 Å². The molecule has 1 aromatic heterocycles. The highest BCUT2D eigenvalue weighted by Gasteiger charge is 2.35. The quantitative estimate of drug-likeness (QED) is 0.877. The van der Waals surface area contributed by atoms with Gasteiger partial charge in [-0.3, -0.25) is 0 Å². The minimum atomic E-state index is -0.105. The van der Waals surface area contributed by atoms with Gasteiger partial charge in [-0.2, -0.15) is 16.7 Å². The molecule has 3 rings (SSSR count). The summed E-state index contributed by atoms with van der Waals surface area (Å²) in [5.74, 6) is 3.29. The third kappa shape index (κ3) is 2.48. The molecule has 0 amide bonds. The summed E-state index contributed by atoms with van der Waals surface area (Å²) in [6.45, 7) is 0.764. The van der Waals surface area contributed by atoms with Gasteiger partial charge in [-0.25, -0.2) is 0 Å². The van der Waals surface area contributed by atoms with Crippen LogP contribution in [0.4, 0.5) is 0 Å². The van der Waals surface area contributed by atoms with E-state index in [9.17, 15) is 0 Å². The van der Waals surface area contributed by atoms with Crippen LogP contribution in [0.1, 0.15) is 37.1 Å². The molecular formula is C11H17N3O2S. The SMILES string of the molecule is NC1(Cc2nc(C3CSCCO3)no2)CCC1. The molecule has 17 heavy (non-hydrogen) atoms. The van der Waals surface area contributed by atoms with Gasteiger partial charge in [0, 0.05) is 23.5 Å². The van der Waals surface area contributed by atoms with Crippen LogP contribution >= 0.6 is 11.8 Å². The van der Waals surface area contributed by atoms with Crippen LogP contribution in [-0.2, 0) is 11.2 Å². The Hall–Kier alpha value is -0.590. The molecule has 0 spiro atoms. The van der Waals surface area contributed by atoms with E-state index in [-0.39, 0.29) is 11.6 Å². The predicted octanol–water partition coefficient (Wildman–Crippen LogP) is 1.30. The monoisotopic (exact) mass is 255 g/mol. The van der Waals surface area contributed by atoms with Crippen LogP contribution in [0.15, 0.2) is 4.52 Å². The van der Waals surface area contributed by atoms with Gasteiger partial charge in [0.05, 0.1) is 6.61 Å². The maximum atomic E-state index is 6.16. The van der Waals surface area contributed by atoms with Crippen LogP contribution in [0.3, 0.4) is 0 Å². The molecule has 5 nitrogen and oxygen atoms in total. The fourth-order valence-electron chi connectivity index (χ4n) is 2.22. The second kappa shape index (κ2) is 4.59. The molecule has 6 heteroatoms. The van der Waals surface area contributed by atoms with Crippen LogP contribution in [0, 0.1) is 0 Å². The maximum absolute atomic E-state index is 6.16. The summed E-state index contributed by atoms with van der Waals surface area (Å²) < 4.78 is 10.9. The zero-order chi connectivity index (χ0) is 11.7. The fraction of sp³-hybridized carbons (Fsp3) is 0.818. The molecule has 94 valence electrons. The van der Waals surface area contributed by atoms with E-state index in [1.807, 2.05) is 11.8 Å². The van der Waals surface area contributed by atoms with Crippen molar-refractivity contribution in [2.75, 3.05) is 18.1 Å². The van der Waals surface area contributed by atoms with Gasteiger partial charge < -0.3 is 15.0 Å². The van der Waals surface area contributed by atoms with Crippen molar-refractivity contribution in [1.29, 1.82) is 0 Å². The molecule has 1 unspecified atom stereocenters. The Morgan fingerprint density at radius 1 is 1.47 bits per heavy atom. The summed E-state index contributed by atoms with van der Waals surface area (Å²) in [4.78, 5) is 4.40. The van der Waals surface area contributed by atoms with Crippen LogP contribution in [0.2, 0.25) is 0 Å². The zero-order valence-electron chi connectivity index (χ0n) is 9.72. The topological polar surface area (TPSA) is 74.2 Å². The van der Waals surface area contributed by atoms with Crippen molar-refractivity contribution in [3.8, 4) is 0 Å². The van der Waals surface area contributed by atoms with Crippen LogP contribution in [0.5, 0.6) is 0 Å². The normalized spacial score (nSPS) is 27.7. The molecule has 2 N–H and O–H groups in total. The number of nitrogens with two attached hydrogens (primary N) is 1. The molecule has 1 aliphatic heterocycles. The Morgan fingerprint density at radius 3 is 3.00 bits per heavy atom. The first kappa shape index (κ1) is 11.5. The Balaban J connectivity index is 1.65. The number of ether oxygens (including phenoxy) is 1. The first-order chi connectivity index (χ1) is 8.25. The van der Waals surface area contributed by atoms with Gasteiger partial charge in [-0.15, -0.1) is 0 Å². The summed E-state index contributed by atoms with van der Waals surface area (Å²) in [6, 6.07) is 0. The van der Waals surface area contributed by atoms with Crippen molar-refractivity contribution in [2.45, 2.75) is 37.3 Å². The van der Waals surface area contributed by atoms with Gasteiger partial charge in [0.15, 0.2) is 0 Å². The van der Waals surface area contributed by atoms with E-state index < -0.39 is 0 Å². The van der Waals surface area contributed by atoms with Crippen molar-refractivity contribution in [2.24, 2.45) is 5.73 Å². The smallest absolute Gasteiger partial charge is 0.228 e. The number of rotatable bonds is 3. The number of hydrogen-bond donors (Lipinski definition) is 1. The van der Waals surface area contributed by atoms with Gasteiger partial charge in [0.25, 0.3) is 0 Å². The average Bonchev–Trinajstić information content (AvgIpc) is 2.77.